The molecule has 0 bridgehead atoms. The number of carbonyl (C=O) groups is 1. The zero-order valence-electron chi connectivity index (χ0n) is 28.6. The molecule has 0 saturated heterocycles. The average Bonchev–Trinajstić information content (AvgIpc) is 3.54. The first-order valence-electron chi connectivity index (χ1n) is 16.0. The standard InChI is InChI=1S/C32H34FI2N6O8PS3/c1-4-44-29-17-38-30-22(11-19(2)12-25(30)40-29)31-41-24-13-23(33)26(14-27(24)53-31)49-20(3)18-45-32(42)39-21-15-36-28(37-16-21)5-6-46-50(43,47-7-9-51-34)48-8-10-52-35/h11-17,20H,4-10,18H2,1-3H3,(H,39,42)/t20-/m0/s1. The van der Waals surface area contributed by atoms with Crippen LogP contribution in [0.25, 0.3) is 31.8 Å². The van der Waals surface area contributed by atoms with Crippen molar-refractivity contribution in [2.45, 2.75) is 33.3 Å². The third-order valence-corrected chi connectivity index (χ3v) is 12.7. The molecule has 0 fully saturated rings. The number of rotatable bonds is 20. The van der Waals surface area contributed by atoms with E-state index in [4.69, 9.17) is 27.8 Å². The van der Waals surface area contributed by atoms with Crippen molar-refractivity contribution in [2.75, 3.05) is 49.9 Å². The molecule has 0 aliphatic heterocycles. The van der Waals surface area contributed by atoms with Gasteiger partial charge in [0.15, 0.2) is 11.6 Å². The average molecular weight is 1030 g/mol. The number of ether oxygens (including phenoxy) is 3. The third-order valence-electron chi connectivity index (χ3n) is 6.86. The van der Waals surface area contributed by atoms with E-state index in [1.54, 1.807) is 19.2 Å². The fourth-order valence-electron chi connectivity index (χ4n) is 4.63. The monoisotopic (exact) mass is 1030 g/mol. The van der Waals surface area contributed by atoms with Crippen molar-refractivity contribution in [3.05, 3.63) is 60.1 Å². The van der Waals surface area contributed by atoms with Gasteiger partial charge in [0, 0.05) is 35.6 Å². The van der Waals surface area contributed by atoms with E-state index in [-0.39, 0.29) is 44.3 Å². The summed E-state index contributed by atoms with van der Waals surface area (Å²) >= 11 is 5.63. The van der Waals surface area contributed by atoms with Gasteiger partial charge in [-0.15, -0.1) is 11.3 Å². The Labute approximate surface area is 341 Å². The molecule has 1 N–H and O–H groups in total. The number of anilines is 1. The molecule has 0 unspecified atom stereocenters. The van der Waals surface area contributed by atoms with Crippen LogP contribution in [0.4, 0.5) is 14.9 Å². The van der Waals surface area contributed by atoms with Crippen LogP contribution in [0.3, 0.4) is 0 Å². The van der Waals surface area contributed by atoms with Gasteiger partial charge in [0.2, 0.25) is 5.88 Å². The molecule has 5 rings (SSSR count). The second-order valence-corrected chi connectivity index (χ2v) is 18.6. The van der Waals surface area contributed by atoms with E-state index in [0.29, 0.717) is 56.1 Å². The Morgan fingerprint density at radius 1 is 0.981 bits per heavy atom. The predicted molar refractivity (Wildman–Crippen MR) is 223 cm³/mol. The first-order valence-corrected chi connectivity index (χ1v) is 25.4. The van der Waals surface area contributed by atoms with Gasteiger partial charge in [0.25, 0.3) is 0 Å². The van der Waals surface area contributed by atoms with Crippen LogP contribution in [-0.2, 0) is 29.3 Å². The predicted octanol–water partition coefficient (Wildman–Crippen LogP) is 9.43. The molecular weight excluding hydrogens is 996 g/mol. The van der Waals surface area contributed by atoms with Gasteiger partial charge < -0.3 is 14.2 Å². The quantitative estimate of drug-likeness (QED) is 0.0445. The summed E-state index contributed by atoms with van der Waals surface area (Å²) in [5.41, 5.74) is 3.85. The van der Waals surface area contributed by atoms with E-state index in [0.717, 1.165) is 11.1 Å². The Morgan fingerprint density at radius 2 is 1.70 bits per heavy atom. The Morgan fingerprint density at radius 3 is 2.40 bits per heavy atom. The number of phosphoric ester groups is 1. The van der Waals surface area contributed by atoms with Crippen LogP contribution in [0.5, 0.6) is 11.6 Å². The Balaban J connectivity index is 1.12. The van der Waals surface area contributed by atoms with Crippen LogP contribution in [-0.4, -0.2) is 81.7 Å². The molecule has 1 amide bonds. The van der Waals surface area contributed by atoms with E-state index < -0.39 is 25.8 Å². The number of carbonyl (C=O) groups excluding carboxylic acids is 1. The minimum absolute atomic E-state index is 0.00109. The molecule has 53 heavy (non-hydrogen) atoms. The smallest absolute Gasteiger partial charge is 0.474 e. The highest BCUT2D eigenvalue weighted by Gasteiger charge is 2.26. The summed E-state index contributed by atoms with van der Waals surface area (Å²) in [6, 6.07) is 6.80. The van der Waals surface area contributed by atoms with E-state index in [2.05, 4.69) is 72.6 Å². The fraction of sp³-hybridized carbons (Fsp3) is 0.375. The number of fused-ring (bicyclic) bond motifs is 2. The number of benzene rings is 2. The van der Waals surface area contributed by atoms with Gasteiger partial charge in [0.05, 0.1) is 72.0 Å². The number of halogens is 3. The molecule has 14 nitrogen and oxygen atoms in total. The number of nitrogens with zero attached hydrogens (tertiary/aromatic N) is 5. The molecule has 1 atom stereocenters. The fourth-order valence-corrected chi connectivity index (χ4v) is 8.41. The molecule has 2 aromatic carbocycles. The second-order valence-electron chi connectivity index (χ2n) is 11.0. The van der Waals surface area contributed by atoms with E-state index >= 15 is 4.39 Å². The number of aromatic nitrogens is 5. The van der Waals surface area contributed by atoms with Gasteiger partial charge >= 0.3 is 13.9 Å². The zero-order chi connectivity index (χ0) is 37.8. The number of hydrogen-bond acceptors (Lipinski definition) is 16. The van der Waals surface area contributed by atoms with Crippen molar-refractivity contribution in [2.24, 2.45) is 0 Å². The molecule has 0 radical (unpaired) electrons. The SMILES string of the molecule is CCOc1cnc2c(-c3nc4cc(F)c(O[C@@H](C)COC(=O)Nc5cnc(CCOP(=O)(OCCSI)OCCSI)nc5)cc4s3)cc(C)cc2n1. The lowest BCUT2D eigenvalue weighted by Gasteiger charge is -2.17. The molecule has 3 aromatic heterocycles. The van der Waals surface area contributed by atoms with Crippen molar-refractivity contribution in [3.8, 4) is 22.2 Å². The van der Waals surface area contributed by atoms with Crippen molar-refractivity contribution < 1.29 is 41.5 Å². The van der Waals surface area contributed by atoms with Gasteiger partial charge in [-0.1, -0.05) is 17.9 Å². The summed E-state index contributed by atoms with van der Waals surface area (Å²) in [5, 5.41) is 3.20. The maximum atomic E-state index is 15.1. The summed E-state index contributed by atoms with van der Waals surface area (Å²) < 4.78 is 61.6. The lowest BCUT2D eigenvalue weighted by Crippen LogP contribution is -2.24. The summed E-state index contributed by atoms with van der Waals surface area (Å²) in [7, 11) is -0.672. The molecule has 21 heteroatoms. The Hall–Kier alpha value is -2.18. The van der Waals surface area contributed by atoms with Crippen LogP contribution in [0.15, 0.2) is 42.9 Å². The minimum atomic E-state index is -3.72. The van der Waals surface area contributed by atoms with Gasteiger partial charge in [-0.2, -0.15) is 0 Å². The molecule has 3 heterocycles. The Bertz CT molecular complexity index is 2040. The van der Waals surface area contributed by atoms with Gasteiger partial charge in [-0.3, -0.25) is 18.9 Å². The van der Waals surface area contributed by atoms with Crippen molar-refractivity contribution >= 4 is 112 Å². The number of phosphoric acid groups is 1. The third kappa shape index (κ3) is 12.4. The molecule has 284 valence electrons. The van der Waals surface area contributed by atoms with Crippen molar-refractivity contribution in [1.82, 2.24) is 24.9 Å². The molecule has 0 spiro atoms. The lowest BCUT2D eigenvalue weighted by molar-refractivity contribution is 0.0969. The molecule has 0 aliphatic carbocycles. The Kier molecular flexibility index (Phi) is 16.4. The molecule has 0 saturated carbocycles. The maximum absolute atomic E-state index is 15.1. The molecule has 5 aromatic rings. The highest BCUT2D eigenvalue weighted by molar-refractivity contribution is 14.2. The summed E-state index contributed by atoms with van der Waals surface area (Å²) in [6.07, 6.45) is 3.17. The summed E-state index contributed by atoms with van der Waals surface area (Å²) in [5.74, 6) is 1.50. The van der Waals surface area contributed by atoms with Crippen LogP contribution in [0.1, 0.15) is 25.2 Å². The van der Waals surface area contributed by atoms with Crippen LogP contribution in [0, 0.1) is 12.7 Å². The normalized spacial score (nSPS) is 12.3. The van der Waals surface area contributed by atoms with Crippen LogP contribution < -0.4 is 14.8 Å². The highest BCUT2D eigenvalue weighted by atomic mass is 127. The molecular formula is C32H34FI2N6O8PS3. The second kappa shape index (κ2) is 20.7. The topological polar surface area (TPSA) is 166 Å². The lowest BCUT2D eigenvalue weighted by atomic mass is 10.1. The molecule has 0 aliphatic rings. The van der Waals surface area contributed by atoms with Gasteiger partial charge in [0.1, 0.15) is 23.5 Å². The number of thiazole rings is 1. The zero-order valence-corrected chi connectivity index (χ0v) is 36.2. The first kappa shape index (κ1) is 42.0. The first-order chi connectivity index (χ1) is 25.6. The largest absolute Gasteiger partial charge is 0.484 e. The highest BCUT2D eigenvalue weighted by Crippen LogP contribution is 2.49. The number of hydrogen-bond donors (Lipinski definition) is 1. The van der Waals surface area contributed by atoms with Crippen molar-refractivity contribution in [1.29, 1.82) is 0 Å². The number of aryl methyl sites for hydroxylation is 1. The van der Waals surface area contributed by atoms with Gasteiger partial charge in [-0.05, 0) is 80.9 Å². The summed E-state index contributed by atoms with van der Waals surface area (Å²) in [6.45, 7) is 6.26. The van der Waals surface area contributed by atoms with Crippen LogP contribution in [0.2, 0.25) is 0 Å². The summed E-state index contributed by atoms with van der Waals surface area (Å²) in [4.78, 5) is 34.7. The minimum Gasteiger partial charge on any atom is -0.484 e. The van der Waals surface area contributed by atoms with Gasteiger partial charge in [-0.25, -0.2) is 38.7 Å². The van der Waals surface area contributed by atoms with E-state index in [9.17, 15) is 9.36 Å². The van der Waals surface area contributed by atoms with Crippen molar-refractivity contribution in [3.63, 3.8) is 0 Å². The maximum Gasteiger partial charge on any atom is 0.474 e. The van der Waals surface area contributed by atoms with Crippen LogP contribution >= 0.6 is 79.4 Å². The van der Waals surface area contributed by atoms with E-state index in [1.165, 1.54) is 47.7 Å². The number of amides is 1. The number of nitrogens with one attached hydrogen (secondary N) is 1. The van der Waals surface area contributed by atoms with E-state index in [1.807, 2.05) is 26.0 Å².